The van der Waals surface area contributed by atoms with E-state index in [1.54, 1.807) is 16.8 Å². The summed E-state index contributed by atoms with van der Waals surface area (Å²) < 4.78 is 1.71. The van der Waals surface area contributed by atoms with Gasteiger partial charge in [0.1, 0.15) is 0 Å². The number of benzene rings is 1. The van der Waals surface area contributed by atoms with Crippen molar-refractivity contribution in [3.63, 3.8) is 0 Å². The van der Waals surface area contributed by atoms with E-state index >= 15 is 0 Å². The summed E-state index contributed by atoms with van der Waals surface area (Å²) in [6, 6.07) is 7.06. The lowest BCUT2D eigenvalue weighted by Crippen LogP contribution is -2.13. The molecule has 0 spiro atoms. The van der Waals surface area contributed by atoms with E-state index in [0.717, 1.165) is 11.3 Å². The topological polar surface area (TPSA) is 72.9 Å². The number of carbonyl (C=O) groups excluding carboxylic acids is 1. The Morgan fingerprint density at radius 3 is 2.61 bits per heavy atom. The molecule has 94 valence electrons. The third-order valence-electron chi connectivity index (χ3n) is 2.90. The Bertz CT molecular complexity index is 582. The quantitative estimate of drug-likeness (QED) is 0.792. The van der Waals surface area contributed by atoms with E-state index in [0.29, 0.717) is 17.1 Å². The Hall–Kier alpha value is -2.30. The van der Waals surface area contributed by atoms with Crippen molar-refractivity contribution in [1.29, 1.82) is 0 Å². The van der Waals surface area contributed by atoms with Gasteiger partial charge in [-0.15, -0.1) is 0 Å². The van der Waals surface area contributed by atoms with Crippen LogP contribution in [-0.2, 0) is 7.05 Å². The second kappa shape index (κ2) is 4.52. The number of hydrogen-bond acceptors (Lipinski definition) is 3. The molecule has 0 bridgehead atoms. The number of carbonyl (C=O) groups is 1. The van der Waals surface area contributed by atoms with Crippen molar-refractivity contribution in [2.24, 2.45) is 7.05 Å². The summed E-state index contributed by atoms with van der Waals surface area (Å²) in [7, 11) is 1.83. The average Bonchev–Trinajstić information content (AvgIpc) is 2.61. The van der Waals surface area contributed by atoms with E-state index in [-0.39, 0.29) is 5.91 Å². The maximum Gasteiger partial charge on any atom is 0.256 e. The fraction of sp³-hybridized carbons (Fsp3) is 0.231. The van der Waals surface area contributed by atoms with Gasteiger partial charge in [0.15, 0.2) is 5.82 Å². The molecule has 5 nitrogen and oxygen atoms in total. The van der Waals surface area contributed by atoms with Crippen LogP contribution in [0, 0.1) is 13.8 Å². The predicted molar refractivity (Wildman–Crippen MR) is 71.5 cm³/mol. The summed E-state index contributed by atoms with van der Waals surface area (Å²) in [5.74, 6) is 0.332. The van der Waals surface area contributed by atoms with Crippen LogP contribution in [0.2, 0.25) is 0 Å². The maximum absolute atomic E-state index is 12.0. The van der Waals surface area contributed by atoms with Gasteiger partial charge < -0.3 is 11.1 Å². The van der Waals surface area contributed by atoms with Gasteiger partial charge in [-0.3, -0.25) is 9.48 Å². The minimum Gasteiger partial charge on any atom is -0.398 e. The van der Waals surface area contributed by atoms with Crippen molar-refractivity contribution in [1.82, 2.24) is 9.78 Å². The van der Waals surface area contributed by atoms with Gasteiger partial charge in [0.25, 0.3) is 5.91 Å². The summed E-state index contributed by atoms with van der Waals surface area (Å²) in [4.78, 5) is 12.0. The number of nitrogens with zero attached hydrogens (tertiary/aromatic N) is 2. The third-order valence-corrected chi connectivity index (χ3v) is 2.90. The smallest absolute Gasteiger partial charge is 0.256 e. The summed E-state index contributed by atoms with van der Waals surface area (Å²) in [5.41, 5.74) is 8.86. The molecule has 0 aliphatic heterocycles. The standard InChI is InChI=1S/C13H16N4O/c1-8-4-5-10(7-11(8)14)13(18)15-12-6-9(2)17(3)16-12/h4-7H,14H2,1-3H3,(H,15,16,18). The molecular weight excluding hydrogens is 228 g/mol. The molecular formula is C13H16N4O. The largest absolute Gasteiger partial charge is 0.398 e. The number of nitrogens with one attached hydrogen (secondary N) is 1. The fourth-order valence-corrected chi connectivity index (χ4v) is 1.59. The van der Waals surface area contributed by atoms with Gasteiger partial charge in [-0.2, -0.15) is 5.10 Å². The van der Waals surface area contributed by atoms with E-state index in [4.69, 9.17) is 5.73 Å². The first kappa shape index (κ1) is 12.2. The van der Waals surface area contributed by atoms with Crippen LogP contribution in [0.1, 0.15) is 21.6 Å². The SMILES string of the molecule is Cc1ccc(C(=O)Nc2cc(C)n(C)n2)cc1N. The molecule has 2 rings (SSSR count). The highest BCUT2D eigenvalue weighted by Crippen LogP contribution is 2.15. The zero-order valence-corrected chi connectivity index (χ0v) is 10.7. The number of rotatable bonds is 2. The van der Waals surface area contributed by atoms with E-state index in [2.05, 4.69) is 10.4 Å². The first-order chi connectivity index (χ1) is 8.47. The molecule has 0 unspecified atom stereocenters. The first-order valence-corrected chi connectivity index (χ1v) is 5.65. The van der Waals surface area contributed by atoms with Crippen molar-refractivity contribution < 1.29 is 4.79 Å². The highest BCUT2D eigenvalue weighted by atomic mass is 16.1. The summed E-state index contributed by atoms with van der Waals surface area (Å²) in [5, 5.41) is 6.91. The molecule has 2 aromatic rings. The Labute approximate surface area is 106 Å². The molecule has 5 heteroatoms. The van der Waals surface area contributed by atoms with Crippen molar-refractivity contribution in [2.75, 3.05) is 11.1 Å². The Morgan fingerprint density at radius 1 is 1.33 bits per heavy atom. The van der Waals surface area contributed by atoms with Crippen LogP contribution in [-0.4, -0.2) is 15.7 Å². The summed E-state index contributed by atoms with van der Waals surface area (Å²) in [6.07, 6.45) is 0. The highest BCUT2D eigenvalue weighted by molar-refractivity contribution is 6.04. The van der Waals surface area contributed by atoms with Crippen LogP contribution in [0.4, 0.5) is 11.5 Å². The van der Waals surface area contributed by atoms with E-state index < -0.39 is 0 Å². The van der Waals surface area contributed by atoms with Gasteiger partial charge in [0.2, 0.25) is 0 Å². The molecule has 1 aromatic carbocycles. The van der Waals surface area contributed by atoms with Gasteiger partial charge in [-0.1, -0.05) is 6.07 Å². The molecule has 0 radical (unpaired) electrons. The summed E-state index contributed by atoms with van der Waals surface area (Å²) >= 11 is 0. The first-order valence-electron chi connectivity index (χ1n) is 5.65. The minimum absolute atomic E-state index is 0.209. The van der Waals surface area contributed by atoms with Crippen LogP contribution >= 0.6 is 0 Å². The molecule has 0 atom stereocenters. The second-order valence-corrected chi connectivity index (χ2v) is 4.32. The van der Waals surface area contributed by atoms with Crippen molar-refractivity contribution in [3.8, 4) is 0 Å². The zero-order chi connectivity index (χ0) is 13.3. The fourth-order valence-electron chi connectivity index (χ4n) is 1.59. The van der Waals surface area contributed by atoms with Crippen LogP contribution in [0.15, 0.2) is 24.3 Å². The Kier molecular flexibility index (Phi) is 3.06. The van der Waals surface area contributed by atoms with Crippen molar-refractivity contribution in [2.45, 2.75) is 13.8 Å². The normalized spacial score (nSPS) is 10.4. The number of anilines is 2. The molecule has 3 N–H and O–H groups in total. The number of hydrogen-bond donors (Lipinski definition) is 2. The molecule has 0 fully saturated rings. The second-order valence-electron chi connectivity index (χ2n) is 4.32. The highest BCUT2D eigenvalue weighted by Gasteiger charge is 2.09. The molecule has 18 heavy (non-hydrogen) atoms. The molecule has 0 saturated carbocycles. The number of nitrogen functional groups attached to an aromatic ring is 1. The summed E-state index contributed by atoms with van der Waals surface area (Å²) in [6.45, 7) is 3.83. The average molecular weight is 244 g/mol. The molecule has 0 saturated heterocycles. The number of aryl methyl sites for hydroxylation is 3. The van der Waals surface area contributed by atoms with E-state index in [1.165, 1.54) is 0 Å². The molecule has 1 heterocycles. The lowest BCUT2D eigenvalue weighted by molar-refractivity contribution is 0.102. The zero-order valence-electron chi connectivity index (χ0n) is 10.7. The Balaban J connectivity index is 2.19. The molecule has 0 aliphatic carbocycles. The molecule has 1 aromatic heterocycles. The maximum atomic E-state index is 12.0. The van der Waals surface area contributed by atoms with Crippen LogP contribution < -0.4 is 11.1 Å². The van der Waals surface area contributed by atoms with Gasteiger partial charge in [-0.05, 0) is 31.5 Å². The van der Waals surface area contributed by atoms with E-state index in [1.807, 2.05) is 33.0 Å². The number of nitrogens with two attached hydrogens (primary N) is 1. The van der Waals surface area contributed by atoms with E-state index in [9.17, 15) is 4.79 Å². The minimum atomic E-state index is -0.209. The van der Waals surface area contributed by atoms with Crippen molar-refractivity contribution >= 4 is 17.4 Å². The van der Waals surface area contributed by atoms with Gasteiger partial charge in [0.05, 0.1) is 0 Å². The third kappa shape index (κ3) is 2.34. The lowest BCUT2D eigenvalue weighted by atomic mass is 10.1. The van der Waals surface area contributed by atoms with Crippen LogP contribution in [0.3, 0.4) is 0 Å². The monoisotopic (exact) mass is 244 g/mol. The van der Waals surface area contributed by atoms with Crippen molar-refractivity contribution in [3.05, 3.63) is 41.1 Å². The molecule has 1 amide bonds. The van der Waals surface area contributed by atoms with Crippen LogP contribution in [0.5, 0.6) is 0 Å². The number of aromatic nitrogens is 2. The van der Waals surface area contributed by atoms with Crippen LogP contribution in [0.25, 0.3) is 0 Å². The lowest BCUT2D eigenvalue weighted by Gasteiger charge is -2.04. The van der Waals surface area contributed by atoms with Gasteiger partial charge in [-0.25, -0.2) is 0 Å². The number of amides is 1. The Morgan fingerprint density at radius 2 is 2.06 bits per heavy atom. The molecule has 0 aliphatic rings. The predicted octanol–water partition coefficient (Wildman–Crippen LogP) is 1.87. The van der Waals surface area contributed by atoms with Gasteiger partial charge >= 0.3 is 0 Å². The van der Waals surface area contributed by atoms with Gasteiger partial charge in [0, 0.05) is 30.1 Å².